The number of hydrogen-bond donors (Lipinski definition) is 2. The van der Waals surface area contributed by atoms with Crippen molar-refractivity contribution >= 4 is 23.6 Å². The lowest BCUT2D eigenvalue weighted by Crippen LogP contribution is -2.44. The highest BCUT2D eigenvalue weighted by atomic mass is 16.5. The Morgan fingerprint density at radius 2 is 1.95 bits per heavy atom. The van der Waals surface area contributed by atoms with Gasteiger partial charge in [-0.1, -0.05) is 50.6 Å². The zero-order valence-electron chi connectivity index (χ0n) is 22.4. The molecule has 3 heterocycles. The first kappa shape index (κ1) is 29.0. The average Bonchev–Trinajstić information content (AvgIpc) is 3.52. The number of nitrogens with one attached hydrogen (secondary N) is 1. The van der Waals surface area contributed by atoms with Crippen molar-refractivity contribution in [2.24, 2.45) is 11.8 Å². The summed E-state index contributed by atoms with van der Waals surface area (Å²) in [6.45, 7) is 8.14. The van der Waals surface area contributed by atoms with Gasteiger partial charge in [-0.25, -0.2) is 9.78 Å². The lowest BCUT2D eigenvalue weighted by molar-refractivity contribution is -0.158. The lowest BCUT2D eigenvalue weighted by Gasteiger charge is -2.29. The van der Waals surface area contributed by atoms with E-state index < -0.39 is 30.1 Å². The molecule has 4 atom stereocenters. The number of rotatable bonds is 1. The quantitative estimate of drug-likeness (QED) is 0.531. The number of Topliss-reactive ketones (excluding diaryl/α,β-unsaturated/α-hetero) is 1. The number of cyclic esters (lactones) is 1. The van der Waals surface area contributed by atoms with Crippen LogP contribution in [0.1, 0.15) is 63.4 Å². The lowest BCUT2D eigenvalue weighted by atomic mass is 9.94. The van der Waals surface area contributed by atoms with Gasteiger partial charge in [-0.05, 0) is 31.8 Å². The Labute approximate surface area is 222 Å². The van der Waals surface area contributed by atoms with Crippen molar-refractivity contribution in [2.45, 2.75) is 71.6 Å². The molecule has 1 aromatic rings. The summed E-state index contributed by atoms with van der Waals surface area (Å²) in [7, 11) is 0. The second-order valence-corrected chi connectivity index (χ2v) is 10.2. The van der Waals surface area contributed by atoms with Crippen LogP contribution in [-0.2, 0) is 25.5 Å². The molecular weight excluding hydrogens is 490 g/mol. The summed E-state index contributed by atoms with van der Waals surface area (Å²) < 4.78 is 11.4. The standard InChI is InChI=1S/C28H37N3O7/c1-17(2)25-19(4)9-10-24(34)29-11-5-7-18(3)13-20(32)14-21(33)15-22-16-30-26(37-22)27(35)31-12-6-8-23(31)28(36)38-25/h5,7,9-10,13,16-17,19-20,23,25,32H,6,8,11-12,14-15H2,1-4H3,(H,29,34)/b7-5?,10-9+,18-13?/t19-,20-,23-,25-/m1/s1. The normalized spacial score (nSPS) is 27.5. The Balaban J connectivity index is 1.85. The van der Waals surface area contributed by atoms with Crippen molar-refractivity contribution < 1.29 is 33.4 Å². The molecule has 3 rings (SSSR count). The van der Waals surface area contributed by atoms with E-state index in [0.29, 0.717) is 19.4 Å². The molecule has 0 aromatic carbocycles. The number of carbonyl (C=O) groups excluding carboxylic acids is 4. The maximum Gasteiger partial charge on any atom is 0.329 e. The molecule has 2 aliphatic rings. The van der Waals surface area contributed by atoms with Gasteiger partial charge in [-0.2, -0.15) is 0 Å². The maximum atomic E-state index is 13.2. The van der Waals surface area contributed by atoms with Crippen LogP contribution in [0.3, 0.4) is 0 Å². The minimum absolute atomic E-state index is 0.0263. The van der Waals surface area contributed by atoms with Gasteiger partial charge in [0.1, 0.15) is 23.7 Å². The topological polar surface area (TPSA) is 139 Å². The number of esters is 1. The molecule has 2 aliphatic heterocycles. The number of hydrogen-bond acceptors (Lipinski definition) is 8. The van der Waals surface area contributed by atoms with Crippen LogP contribution in [0.15, 0.2) is 46.6 Å². The van der Waals surface area contributed by atoms with E-state index in [-0.39, 0.29) is 54.6 Å². The van der Waals surface area contributed by atoms with E-state index in [2.05, 4.69) is 10.3 Å². The van der Waals surface area contributed by atoms with Crippen LogP contribution in [-0.4, -0.2) is 69.9 Å². The van der Waals surface area contributed by atoms with Gasteiger partial charge >= 0.3 is 11.9 Å². The molecule has 1 saturated heterocycles. The van der Waals surface area contributed by atoms with Gasteiger partial charge < -0.3 is 24.5 Å². The van der Waals surface area contributed by atoms with Crippen molar-refractivity contribution in [2.75, 3.05) is 13.1 Å². The molecule has 2 N–H and O–H groups in total. The molecule has 2 amide bonds. The fraction of sp³-hybridized carbons (Fsp3) is 0.536. The number of ketones is 1. The third-order valence-corrected chi connectivity index (χ3v) is 6.54. The highest BCUT2D eigenvalue weighted by molar-refractivity contribution is 5.93. The molecular formula is C28H37N3O7. The number of oxazole rings is 1. The van der Waals surface area contributed by atoms with E-state index in [1.807, 2.05) is 20.8 Å². The zero-order chi connectivity index (χ0) is 27.8. The maximum absolute atomic E-state index is 13.2. The van der Waals surface area contributed by atoms with Crippen LogP contribution < -0.4 is 5.32 Å². The fourth-order valence-electron chi connectivity index (χ4n) is 4.66. The third kappa shape index (κ3) is 7.98. The minimum atomic E-state index is -0.998. The Kier molecular flexibility index (Phi) is 10.2. The summed E-state index contributed by atoms with van der Waals surface area (Å²) in [6, 6.07) is -0.779. The van der Waals surface area contributed by atoms with Gasteiger partial charge in [0, 0.05) is 25.4 Å². The molecule has 10 heteroatoms. The second-order valence-electron chi connectivity index (χ2n) is 10.2. The summed E-state index contributed by atoms with van der Waals surface area (Å²) >= 11 is 0. The molecule has 1 aromatic heterocycles. The van der Waals surface area contributed by atoms with Crippen molar-refractivity contribution in [1.29, 1.82) is 0 Å². The predicted octanol–water partition coefficient (Wildman–Crippen LogP) is 2.53. The van der Waals surface area contributed by atoms with Crippen molar-refractivity contribution in [3.63, 3.8) is 0 Å². The number of fused-ring (bicyclic) bond motifs is 3. The van der Waals surface area contributed by atoms with Gasteiger partial charge in [0.15, 0.2) is 0 Å². The molecule has 1 fully saturated rings. The van der Waals surface area contributed by atoms with Crippen LogP contribution in [0.4, 0.5) is 0 Å². The first-order valence-electron chi connectivity index (χ1n) is 13.0. The number of amides is 2. The molecule has 0 unspecified atom stereocenters. The van der Waals surface area contributed by atoms with Crippen molar-refractivity contribution in [1.82, 2.24) is 15.2 Å². The van der Waals surface area contributed by atoms with E-state index in [0.717, 1.165) is 5.57 Å². The van der Waals surface area contributed by atoms with Crippen molar-refractivity contribution in [3.05, 3.63) is 53.8 Å². The number of allylic oxidation sites excluding steroid dienone is 2. The van der Waals surface area contributed by atoms with E-state index in [4.69, 9.17) is 9.15 Å². The van der Waals surface area contributed by atoms with Crippen LogP contribution in [0.25, 0.3) is 0 Å². The number of nitrogens with zero attached hydrogens (tertiary/aromatic N) is 2. The van der Waals surface area contributed by atoms with E-state index in [9.17, 15) is 24.3 Å². The van der Waals surface area contributed by atoms with E-state index >= 15 is 0 Å². The molecule has 2 bridgehead atoms. The van der Waals surface area contributed by atoms with Gasteiger partial charge in [-0.3, -0.25) is 14.4 Å². The molecule has 10 nitrogen and oxygen atoms in total. The van der Waals surface area contributed by atoms with E-state index in [1.165, 1.54) is 17.2 Å². The zero-order valence-corrected chi connectivity index (χ0v) is 22.4. The van der Waals surface area contributed by atoms with Gasteiger partial charge in [0.2, 0.25) is 5.91 Å². The first-order valence-corrected chi connectivity index (χ1v) is 13.0. The number of ether oxygens (including phenoxy) is 1. The molecule has 0 aliphatic carbocycles. The Hall–Kier alpha value is -3.53. The van der Waals surface area contributed by atoms with Gasteiger partial charge in [0.25, 0.3) is 5.89 Å². The molecule has 0 spiro atoms. The summed E-state index contributed by atoms with van der Waals surface area (Å²) in [5.41, 5.74) is 0.733. The minimum Gasteiger partial charge on any atom is -0.460 e. The van der Waals surface area contributed by atoms with Crippen LogP contribution in [0.5, 0.6) is 0 Å². The van der Waals surface area contributed by atoms with Crippen LogP contribution in [0.2, 0.25) is 0 Å². The third-order valence-electron chi connectivity index (χ3n) is 6.54. The summed E-state index contributed by atoms with van der Waals surface area (Å²) in [5, 5.41) is 13.0. The van der Waals surface area contributed by atoms with Crippen LogP contribution in [0, 0.1) is 11.8 Å². The van der Waals surface area contributed by atoms with Gasteiger partial charge in [-0.15, -0.1) is 0 Å². The largest absolute Gasteiger partial charge is 0.460 e. The fourth-order valence-corrected chi connectivity index (χ4v) is 4.66. The number of carbonyl (C=O) groups is 4. The van der Waals surface area contributed by atoms with Crippen LogP contribution >= 0.6 is 0 Å². The molecule has 38 heavy (non-hydrogen) atoms. The van der Waals surface area contributed by atoms with Crippen molar-refractivity contribution in [3.8, 4) is 0 Å². The monoisotopic (exact) mass is 527 g/mol. The second kappa shape index (κ2) is 13.3. The summed E-state index contributed by atoms with van der Waals surface area (Å²) in [6.07, 6.45) is 8.80. The molecule has 0 radical (unpaired) electrons. The SMILES string of the molecule is CC1=C[C@@H](O)CC(=O)Cc2cnc(o2)C(=O)N2CCC[C@@H]2C(=O)O[C@H](C(C)C)[C@H](C)/C=C/C(=O)NCC=C1. The Bertz CT molecular complexity index is 1120. The summed E-state index contributed by atoms with van der Waals surface area (Å²) in [5.74, 6) is -1.89. The smallest absolute Gasteiger partial charge is 0.329 e. The number of aliphatic hydroxyl groups excluding tert-OH is 1. The van der Waals surface area contributed by atoms with E-state index in [1.54, 1.807) is 31.2 Å². The first-order chi connectivity index (χ1) is 18.0. The Morgan fingerprint density at radius 1 is 1.18 bits per heavy atom. The highest BCUT2D eigenvalue weighted by Gasteiger charge is 2.39. The average molecular weight is 528 g/mol. The molecule has 0 saturated carbocycles. The number of aromatic nitrogens is 1. The molecule has 206 valence electrons. The number of aliphatic hydroxyl groups is 1. The summed E-state index contributed by atoms with van der Waals surface area (Å²) in [4.78, 5) is 56.4. The highest BCUT2D eigenvalue weighted by Crippen LogP contribution is 2.25. The predicted molar refractivity (Wildman–Crippen MR) is 139 cm³/mol. The Morgan fingerprint density at radius 3 is 2.68 bits per heavy atom. The van der Waals surface area contributed by atoms with Gasteiger partial charge in [0.05, 0.1) is 18.7 Å².